The van der Waals surface area contributed by atoms with Gasteiger partial charge in [-0.25, -0.2) is 9.78 Å². The molecule has 1 aliphatic heterocycles. The summed E-state index contributed by atoms with van der Waals surface area (Å²) < 4.78 is 5.03. The quantitative estimate of drug-likeness (QED) is 0.602. The summed E-state index contributed by atoms with van der Waals surface area (Å²) in [6, 6.07) is 16.7. The van der Waals surface area contributed by atoms with Gasteiger partial charge in [-0.15, -0.1) is 0 Å². The lowest BCUT2D eigenvalue weighted by Crippen LogP contribution is -2.13. The second kappa shape index (κ2) is 7.48. The summed E-state index contributed by atoms with van der Waals surface area (Å²) >= 11 is 0. The van der Waals surface area contributed by atoms with Crippen molar-refractivity contribution in [1.82, 2.24) is 4.98 Å². The predicted octanol–water partition coefficient (Wildman–Crippen LogP) is 5.15. The lowest BCUT2D eigenvalue weighted by Gasteiger charge is -2.19. The van der Waals surface area contributed by atoms with Crippen molar-refractivity contribution in [2.45, 2.75) is 25.2 Å². The Labute approximate surface area is 176 Å². The van der Waals surface area contributed by atoms with Crippen molar-refractivity contribution in [2.24, 2.45) is 0 Å². The number of nitrogens with zero attached hydrogens (tertiary/aromatic N) is 2. The average Bonchev–Trinajstić information content (AvgIpc) is 3.57. The van der Waals surface area contributed by atoms with Gasteiger partial charge in [-0.2, -0.15) is 0 Å². The van der Waals surface area contributed by atoms with Gasteiger partial charge in [0.15, 0.2) is 0 Å². The van der Waals surface area contributed by atoms with Gasteiger partial charge in [-0.3, -0.25) is 0 Å². The highest BCUT2D eigenvalue weighted by molar-refractivity contribution is 5.96. The highest BCUT2D eigenvalue weighted by Crippen LogP contribution is 2.42. The molecule has 5 rings (SSSR count). The number of pyridine rings is 1. The second-order valence-corrected chi connectivity index (χ2v) is 8.12. The van der Waals surface area contributed by atoms with E-state index in [2.05, 4.69) is 58.6 Å². The molecule has 1 fully saturated rings. The van der Waals surface area contributed by atoms with Crippen LogP contribution in [0, 0.1) is 0 Å². The fourth-order valence-electron chi connectivity index (χ4n) is 4.27. The van der Waals surface area contributed by atoms with Gasteiger partial charge in [-0.05, 0) is 60.1 Å². The average molecular weight is 399 g/mol. The number of fused-ring (bicyclic) bond motifs is 1. The fourth-order valence-corrected chi connectivity index (χ4v) is 4.27. The number of ether oxygens (including phenoxy) is 1. The zero-order chi connectivity index (χ0) is 20.7. The van der Waals surface area contributed by atoms with Gasteiger partial charge in [0.25, 0.3) is 0 Å². The largest absolute Gasteiger partial charge is 0.465 e. The van der Waals surface area contributed by atoms with E-state index in [0.717, 1.165) is 37.1 Å². The monoisotopic (exact) mass is 399 g/mol. The zero-order valence-electron chi connectivity index (χ0n) is 17.3. The van der Waals surface area contributed by atoms with E-state index in [1.54, 1.807) is 0 Å². The molecule has 2 heterocycles. The molecule has 1 saturated carbocycles. The molecule has 1 aliphatic carbocycles. The molecule has 0 amide bonds. The van der Waals surface area contributed by atoms with Crippen molar-refractivity contribution in [1.29, 1.82) is 0 Å². The Morgan fingerprint density at radius 3 is 2.70 bits per heavy atom. The third kappa shape index (κ3) is 3.41. The molecule has 0 unspecified atom stereocenters. The Bertz CT molecular complexity index is 1110. The number of carbonyl (C=O) groups is 1. The van der Waals surface area contributed by atoms with Crippen LogP contribution in [0.1, 0.15) is 40.2 Å². The topological polar surface area (TPSA) is 54.5 Å². The van der Waals surface area contributed by atoms with Gasteiger partial charge < -0.3 is 15.0 Å². The van der Waals surface area contributed by atoms with Gasteiger partial charge >= 0.3 is 5.97 Å². The summed E-state index contributed by atoms with van der Waals surface area (Å²) in [4.78, 5) is 19.3. The first kappa shape index (κ1) is 18.7. The van der Waals surface area contributed by atoms with E-state index in [4.69, 9.17) is 4.74 Å². The standard InChI is InChI=1S/C25H25N3O2/c1-28-11-10-18-12-20(14-21(23(18)28)17-6-4-3-5-7-17)27-24-22(25(29)30-2)13-19(15-26-24)16-8-9-16/h3-7,12-16H,8-11H2,1-2H3,(H,26,27). The lowest BCUT2D eigenvalue weighted by molar-refractivity contribution is 0.0601. The van der Waals surface area contributed by atoms with Crippen LogP contribution in [0.15, 0.2) is 54.7 Å². The first-order valence-corrected chi connectivity index (χ1v) is 10.4. The molecule has 5 nitrogen and oxygen atoms in total. The summed E-state index contributed by atoms with van der Waals surface area (Å²) in [7, 11) is 3.55. The number of nitrogens with one attached hydrogen (secondary N) is 1. The number of aromatic nitrogens is 1. The molecule has 1 aromatic heterocycles. The van der Waals surface area contributed by atoms with E-state index in [0.29, 0.717) is 17.3 Å². The Morgan fingerprint density at radius 1 is 1.17 bits per heavy atom. The Balaban J connectivity index is 1.57. The van der Waals surface area contributed by atoms with E-state index in [1.807, 2.05) is 18.3 Å². The predicted molar refractivity (Wildman–Crippen MR) is 120 cm³/mol. The van der Waals surface area contributed by atoms with Crippen molar-refractivity contribution in [3.63, 3.8) is 0 Å². The molecule has 0 saturated heterocycles. The SMILES string of the molecule is COC(=O)c1cc(C2CC2)cnc1Nc1cc2c(c(-c3ccccc3)c1)N(C)CC2. The van der Waals surface area contributed by atoms with Crippen LogP contribution in [0.25, 0.3) is 11.1 Å². The van der Waals surface area contributed by atoms with E-state index >= 15 is 0 Å². The highest BCUT2D eigenvalue weighted by atomic mass is 16.5. The number of rotatable bonds is 5. The van der Waals surface area contributed by atoms with Crippen LogP contribution in [-0.4, -0.2) is 31.7 Å². The highest BCUT2D eigenvalue weighted by Gasteiger charge is 2.27. The van der Waals surface area contributed by atoms with Gasteiger partial charge in [0.2, 0.25) is 0 Å². The molecule has 30 heavy (non-hydrogen) atoms. The van der Waals surface area contributed by atoms with E-state index in [-0.39, 0.29) is 5.97 Å². The van der Waals surface area contributed by atoms with E-state index in [9.17, 15) is 4.79 Å². The van der Waals surface area contributed by atoms with Crippen molar-refractivity contribution in [3.05, 3.63) is 71.4 Å². The normalized spacial score (nSPS) is 15.1. The second-order valence-electron chi connectivity index (χ2n) is 8.12. The van der Waals surface area contributed by atoms with Crippen molar-refractivity contribution < 1.29 is 9.53 Å². The van der Waals surface area contributed by atoms with E-state index < -0.39 is 0 Å². The maximum atomic E-state index is 12.4. The van der Waals surface area contributed by atoms with Crippen LogP contribution in [-0.2, 0) is 11.2 Å². The third-order valence-electron chi connectivity index (χ3n) is 6.00. The Hall–Kier alpha value is -3.34. The maximum absolute atomic E-state index is 12.4. The van der Waals surface area contributed by atoms with Crippen LogP contribution in [0.5, 0.6) is 0 Å². The van der Waals surface area contributed by atoms with Gasteiger partial charge in [-0.1, -0.05) is 30.3 Å². The number of benzene rings is 2. The summed E-state index contributed by atoms with van der Waals surface area (Å²) in [5.41, 5.74) is 7.47. The van der Waals surface area contributed by atoms with Gasteiger partial charge in [0, 0.05) is 36.7 Å². The first-order chi connectivity index (χ1) is 14.6. The van der Waals surface area contributed by atoms with E-state index in [1.165, 1.54) is 29.5 Å². The molecule has 1 N–H and O–H groups in total. The lowest BCUT2D eigenvalue weighted by atomic mass is 9.99. The number of hydrogen-bond acceptors (Lipinski definition) is 5. The minimum Gasteiger partial charge on any atom is -0.465 e. The molecule has 2 aliphatic rings. The van der Waals surface area contributed by atoms with Crippen LogP contribution in [0.4, 0.5) is 17.2 Å². The third-order valence-corrected chi connectivity index (χ3v) is 6.00. The molecular weight excluding hydrogens is 374 g/mol. The molecule has 0 spiro atoms. The number of hydrogen-bond donors (Lipinski definition) is 1. The molecule has 5 heteroatoms. The number of carbonyl (C=O) groups excluding carboxylic acids is 1. The van der Waals surface area contributed by atoms with Gasteiger partial charge in [0.1, 0.15) is 11.4 Å². The van der Waals surface area contributed by atoms with Crippen LogP contribution >= 0.6 is 0 Å². The molecule has 3 aromatic rings. The van der Waals surface area contributed by atoms with Crippen LogP contribution < -0.4 is 10.2 Å². The molecule has 152 valence electrons. The summed E-state index contributed by atoms with van der Waals surface area (Å²) in [6.07, 6.45) is 5.20. The molecule has 0 bridgehead atoms. The van der Waals surface area contributed by atoms with Crippen LogP contribution in [0.3, 0.4) is 0 Å². The number of esters is 1. The molecule has 0 atom stereocenters. The van der Waals surface area contributed by atoms with Crippen molar-refractivity contribution >= 4 is 23.2 Å². The Kier molecular flexibility index (Phi) is 4.66. The molecule has 0 radical (unpaired) electrons. The molecular formula is C25H25N3O2. The number of likely N-dealkylation sites (N-methyl/N-ethyl adjacent to an activating group) is 1. The van der Waals surface area contributed by atoms with Crippen LogP contribution in [0.2, 0.25) is 0 Å². The maximum Gasteiger partial charge on any atom is 0.341 e. The fraction of sp³-hybridized carbons (Fsp3) is 0.280. The minimum atomic E-state index is -0.364. The summed E-state index contributed by atoms with van der Waals surface area (Å²) in [6.45, 7) is 1.00. The minimum absolute atomic E-state index is 0.364. The van der Waals surface area contributed by atoms with Crippen molar-refractivity contribution in [3.8, 4) is 11.1 Å². The zero-order valence-corrected chi connectivity index (χ0v) is 17.3. The number of methoxy groups -OCH3 is 1. The Morgan fingerprint density at radius 2 is 1.97 bits per heavy atom. The molecule has 2 aromatic carbocycles. The smallest absolute Gasteiger partial charge is 0.341 e. The summed E-state index contributed by atoms with van der Waals surface area (Å²) in [5.74, 6) is 0.698. The van der Waals surface area contributed by atoms with Crippen molar-refractivity contribution in [2.75, 3.05) is 30.9 Å². The van der Waals surface area contributed by atoms with Gasteiger partial charge in [0.05, 0.1) is 7.11 Å². The first-order valence-electron chi connectivity index (χ1n) is 10.4. The summed E-state index contributed by atoms with van der Waals surface area (Å²) in [5, 5.41) is 3.40. The number of anilines is 3.